The molecule has 0 aliphatic carbocycles. The number of fused-ring (bicyclic) bond motifs is 5. The van der Waals surface area contributed by atoms with Crippen molar-refractivity contribution in [2.75, 3.05) is 13.2 Å². The van der Waals surface area contributed by atoms with E-state index < -0.39 is 43.1 Å². The highest BCUT2D eigenvalue weighted by Crippen LogP contribution is 2.44. The Balaban J connectivity index is 1.15. The number of aliphatic hydroxyl groups is 2. The normalized spacial score (nSPS) is 52.0. The van der Waals surface area contributed by atoms with Gasteiger partial charge in [0, 0.05) is 5.56 Å². The molecule has 1 aromatic rings. The molecule has 5 saturated heterocycles. The number of rotatable bonds is 3. The van der Waals surface area contributed by atoms with E-state index in [0.29, 0.717) is 6.61 Å². The first kappa shape index (κ1) is 17.7. The van der Waals surface area contributed by atoms with Gasteiger partial charge in [-0.05, 0) is 0 Å². The average Bonchev–Trinajstić information content (AvgIpc) is 3.42. The Morgan fingerprint density at radius 1 is 0.786 bits per heavy atom. The van der Waals surface area contributed by atoms with E-state index in [1.807, 2.05) is 30.3 Å². The third-order valence-corrected chi connectivity index (χ3v) is 5.95. The van der Waals surface area contributed by atoms with Crippen molar-refractivity contribution in [1.29, 1.82) is 0 Å². The van der Waals surface area contributed by atoms with Gasteiger partial charge in [-0.2, -0.15) is 0 Å². The molecule has 0 saturated carbocycles. The van der Waals surface area contributed by atoms with Crippen LogP contribution < -0.4 is 0 Å². The molecule has 11 atom stereocenters. The minimum Gasteiger partial charge on any atom is -0.387 e. The molecule has 0 radical (unpaired) electrons. The van der Waals surface area contributed by atoms with Crippen LogP contribution in [-0.2, 0) is 33.2 Å². The Hall–Kier alpha value is -1.14. The van der Waals surface area contributed by atoms with E-state index in [4.69, 9.17) is 33.2 Å². The maximum Gasteiger partial charge on any atom is 0.187 e. The highest BCUT2D eigenvalue weighted by Gasteiger charge is 2.63. The van der Waals surface area contributed by atoms with Gasteiger partial charge < -0.3 is 43.4 Å². The molecule has 5 fully saturated rings. The minimum absolute atomic E-state index is 0.141. The van der Waals surface area contributed by atoms with E-state index in [1.165, 1.54) is 0 Å². The molecule has 9 heteroatoms. The highest BCUT2D eigenvalue weighted by molar-refractivity contribution is 5.16. The zero-order chi connectivity index (χ0) is 18.8. The van der Waals surface area contributed by atoms with Crippen molar-refractivity contribution in [3.63, 3.8) is 0 Å². The van der Waals surface area contributed by atoms with Crippen molar-refractivity contribution < 1.29 is 43.4 Å². The summed E-state index contributed by atoms with van der Waals surface area (Å²) in [5, 5.41) is 21.3. The summed E-state index contributed by atoms with van der Waals surface area (Å²) in [5.74, 6) is 0. The van der Waals surface area contributed by atoms with Crippen LogP contribution in [0, 0.1) is 0 Å². The molecule has 5 aliphatic heterocycles. The first-order valence-electron chi connectivity index (χ1n) is 9.60. The van der Waals surface area contributed by atoms with Gasteiger partial charge in [-0.1, -0.05) is 30.3 Å². The molecule has 6 rings (SSSR count). The van der Waals surface area contributed by atoms with Crippen LogP contribution in [0.3, 0.4) is 0 Å². The van der Waals surface area contributed by atoms with Crippen LogP contribution in [0.25, 0.3) is 0 Å². The number of benzene rings is 1. The molecule has 0 amide bonds. The molecule has 9 nitrogen and oxygen atoms in total. The van der Waals surface area contributed by atoms with E-state index in [0.717, 1.165) is 5.56 Å². The second kappa shape index (κ2) is 6.69. The van der Waals surface area contributed by atoms with Gasteiger partial charge in [0.1, 0.15) is 48.8 Å². The van der Waals surface area contributed by atoms with Crippen LogP contribution in [0.2, 0.25) is 0 Å². The van der Waals surface area contributed by atoms with Crippen LogP contribution >= 0.6 is 0 Å². The predicted molar refractivity (Wildman–Crippen MR) is 88.8 cm³/mol. The van der Waals surface area contributed by atoms with Gasteiger partial charge in [0.15, 0.2) is 18.9 Å². The fourth-order valence-electron chi connectivity index (χ4n) is 4.41. The summed E-state index contributed by atoms with van der Waals surface area (Å²) in [6, 6.07) is 9.44. The van der Waals surface area contributed by atoms with Gasteiger partial charge in [0.25, 0.3) is 0 Å². The summed E-state index contributed by atoms with van der Waals surface area (Å²) >= 11 is 0. The molecule has 2 N–H and O–H groups in total. The topological polar surface area (TPSA) is 108 Å². The molecule has 152 valence electrons. The van der Waals surface area contributed by atoms with Crippen molar-refractivity contribution in [2.24, 2.45) is 0 Å². The lowest BCUT2D eigenvalue weighted by molar-refractivity contribution is -0.369. The van der Waals surface area contributed by atoms with E-state index >= 15 is 0 Å². The zero-order valence-corrected chi connectivity index (χ0v) is 14.9. The quantitative estimate of drug-likeness (QED) is 0.653. The number of hydrogen-bond acceptors (Lipinski definition) is 9. The summed E-state index contributed by atoms with van der Waals surface area (Å²) in [6.07, 6.45) is -6.70. The first-order chi connectivity index (χ1) is 13.7. The van der Waals surface area contributed by atoms with Gasteiger partial charge >= 0.3 is 0 Å². The third-order valence-electron chi connectivity index (χ3n) is 5.95. The second-order valence-electron chi connectivity index (χ2n) is 7.74. The summed E-state index contributed by atoms with van der Waals surface area (Å²) in [7, 11) is 0. The van der Waals surface area contributed by atoms with E-state index in [9.17, 15) is 10.2 Å². The van der Waals surface area contributed by atoms with Crippen molar-refractivity contribution >= 4 is 0 Å². The van der Waals surface area contributed by atoms with Gasteiger partial charge in [0.2, 0.25) is 0 Å². The van der Waals surface area contributed by atoms with Crippen LogP contribution in [0.5, 0.6) is 0 Å². The fourth-order valence-corrected chi connectivity index (χ4v) is 4.41. The summed E-state index contributed by atoms with van der Waals surface area (Å²) in [4.78, 5) is 0. The number of aliphatic hydroxyl groups excluding tert-OH is 2. The molecule has 28 heavy (non-hydrogen) atoms. The number of ether oxygens (including phenoxy) is 7. The average molecular weight is 394 g/mol. The Morgan fingerprint density at radius 2 is 1.61 bits per heavy atom. The zero-order valence-electron chi connectivity index (χ0n) is 14.9. The Labute approximate surface area is 161 Å². The summed E-state index contributed by atoms with van der Waals surface area (Å²) in [5.41, 5.74) is 0.841. The van der Waals surface area contributed by atoms with E-state index in [1.54, 1.807) is 0 Å². The van der Waals surface area contributed by atoms with Crippen molar-refractivity contribution in [2.45, 2.75) is 67.7 Å². The van der Waals surface area contributed by atoms with Gasteiger partial charge in [0.05, 0.1) is 13.2 Å². The molecule has 0 spiro atoms. The lowest BCUT2D eigenvalue weighted by atomic mass is 9.97. The molecule has 5 heterocycles. The molecule has 0 aromatic heterocycles. The third kappa shape index (κ3) is 2.82. The van der Waals surface area contributed by atoms with Crippen LogP contribution in [0.4, 0.5) is 0 Å². The minimum atomic E-state index is -1.27. The SMILES string of the molecule is OC1C(O)[C@@H]2OC(c3ccccc3)OCC2O[C@H]1O[C@@H]1C2CO[C@H](O2)C2OC21. The molecule has 7 unspecified atom stereocenters. The molecule has 1 aromatic carbocycles. The lowest BCUT2D eigenvalue weighted by Gasteiger charge is -2.47. The smallest absolute Gasteiger partial charge is 0.187 e. The fraction of sp³-hybridized carbons (Fsp3) is 0.684. The maximum absolute atomic E-state index is 10.7. The molecule has 5 aliphatic rings. The van der Waals surface area contributed by atoms with Gasteiger partial charge in [-0.3, -0.25) is 0 Å². The molecular weight excluding hydrogens is 372 g/mol. The lowest BCUT2D eigenvalue weighted by Crippen LogP contribution is -2.63. The Kier molecular flexibility index (Phi) is 4.23. The van der Waals surface area contributed by atoms with Crippen LogP contribution in [-0.4, -0.2) is 84.8 Å². The van der Waals surface area contributed by atoms with E-state index in [2.05, 4.69) is 0 Å². The van der Waals surface area contributed by atoms with Crippen molar-refractivity contribution in [1.82, 2.24) is 0 Å². The van der Waals surface area contributed by atoms with Gasteiger partial charge in [-0.15, -0.1) is 0 Å². The first-order valence-corrected chi connectivity index (χ1v) is 9.60. The van der Waals surface area contributed by atoms with E-state index in [-0.39, 0.29) is 31.2 Å². The molecular formula is C19H22O9. The highest BCUT2D eigenvalue weighted by atomic mass is 16.8. The number of epoxide rings is 1. The van der Waals surface area contributed by atoms with Gasteiger partial charge in [-0.25, -0.2) is 0 Å². The second-order valence-corrected chi connectivity index (χ2v) is 7.74. The summed E-state index contributed by atoms with van der Waals surface area (Å²) in [6.45, 7) is 0.625. The van der Waals surface area contributed by atoms with Crippen molar-refractivity contribution in [3.05, 3.63) is 35.9 Å². The van der Waals surface area contributed by atoms with Crippen LogP contribution in [0.15, 0.2) is 30.3 Å². The maximum atomic E-state index is 10.7. The molecule has 2 bridgehead atoms. The number of hydrogen-bond donors (Lipinski definition) is 2. The monoisotopic (exact) mass is 394 g/mol. The predicted octanol–water partition coefficient (Wildman–Crippen LogP) is -0.545. The Bertz CT molecular complexity index is 715. The standard InChI is InChI=1S/C19H22O9/c20-11-12(21)18(28-14-10-7-23-19(25-10)16-15(14)26-16)24-9-6-22-17(27-13(9)11)8-4-2-1-3-5-8/h1-5,9-21H,6-7H2/t9?,10?,11?,12?,13-,14-,15?,16?,17?,18+,19-/m1/s1. The Morgan fingerprint density at radius 3 is 2.46 bits per heavy atom. The van der Waals surface area contributed by atoms with Crippen molar-refractivity contribution in [3.8, 4) is 0 Å². The summed E-state index contributed by atoms with van der Waals surface area (Å²) < 4.78 is 40.4. The van der Waals surface area contributed by atoms with Crippen LogP contribution in [0.1, 0.15) is 11.9 Å². The largest absolute Gasteiger partial charge is 0.387 e.